The molecule has 7 nitrogen and oxygen atoms in total. The van der Waals surface area contributed by atoms with Gasteiger partial charge in [-0.05, 0) is 18.2 Å². The number of phenolic OH excluding ortho intramolecular Hbond substituents is 1. The SMILES string of the molecule is CC(=O)Nc1c(N(C)C)ccc(C(=O)c2ccccc2C(=O)O)c1O. The monoisotopic (exact) mass is 342 g/mol. The van der Waals surface area contributed by atoms with Gasteiger partial charge in [-0.1, -0.05) is 18.2 Å². The number of carbonyl (C=O) groups is 3. The Kier molecular flexibility index (Phi) is 5.07. The van der Waals surface area contributed by atoms with Gasteiger partial charge in [-0.25, -0.2) is 4.79 Å². The summed E-state index contributed by atoms with van der Waals surface area (Å²) in [6, 6.07) is 8.72. The minimum atomic E-state index is -1.24. The molecule has 0 heterocycles. The summed E-state index contributed by atoms with van der Waals surface area (Å²) in [5.74, 6) is -2.71. The molecule has 0 atom stereocenters. The second kappa shape index (κ2) is 7.04. The number of hydrogen-bond acceptors (Lipinski definition) is 5. The van der Waals surface area contributed by atoms with Crippen molar-refractivity contribution in [2.24, 2.45) is 0 Å². The van der Waals surface area contributed by atoms with Crippen LogP contribution in [0.25, 0.3) is 0 Å². The van der Waals surface area contributed by atoms with Gasteiger partial charge in [0, 0.05) is 26.6 Å². The van der Waals surface area contributed by atoms with Gasteiger partial charge in [-0.2, -0.15) is 0 Å². The maximum absolute atomic E-state index is 12.8. The highest BCUT2D eigenvalue weighted by Crippen LogP contribution is 2.37. The highest BCUT2D eigenvalue weighted by Gasteiger charge is 2.23. The molecule has 0 aromatic heterocycles. The van der Waals surface area contributed by atoms with E-state index >= 15 is 0 Å². The Bertz CT molecular complexity index is 859. The maximum atomic E-state index is 12.8. The van der Waals surface area contributed by atoms with Crippen molar-refractivity contribution in [1.29, 1.82) is 0 Å². The van der Waals surface area contributed by atoms with E-state index in [1.807, 2.05) is 0 Å². The lowest BCUT2D eigenvalue weighted by Crippen LogP contribution is -2.16. The van der Waals surface area contributed by atoms with Crippen molar-refractivity contribution in [1.82, 2.24) is 0 Å². The fourth-order valence-corrected chi connectivity index (χ4v) is 2.45. The Morgan fingerprint density at radius 1 is 0.960 bits per heavy atom. The lowest BCUT2D eigenvalue weighted by molar-refractivity contribution is -0.114. The Hall–Kier alpha value is -3.35. The summed E-state index contributed by atoms with van der Waals surface area (Å²) < 4.78 is 0. The van der Waals surface area contributed by atoms with E-state index in [9.17, 15) is 24.6 Å². The molecule has 0 saturated heterocycles. The number of aromatic hydroxyl groups is 1. The number of nitrogens with zero attached hydrogens (tertiary/aromatic N) is 1. The molecule has 2 aromatic carbocycles. The third-order valence-corrected chi connectivity index (χ3v) is 3.59. The fraction of sp³-hybridized carbons (Fsp3) is 0.167. The van der Waals surface area contributed by atoms with E-state index in [0.29, 0.717) is 5.69 Å². The van der Waals surface area contributed by atoms with E-state index < -0.39 is 23.4 Å². The highest BCUT2D eigenvalue weighted by atomic mass is 16.4. The molecule has 0 radical (unpaired) electrons. The van der Waals surface area contributed by atoms with E-state index in [-0.39, 0.29) is 22.4 Å². The standard InChI is InChI=1S/C18H18N2O5/c1-10(21)19-15-14(20(2)3)9-8-13(17(15)23)16(22)11-6-4-5-7-12(11)18(24)25/h4-9,23H,1-3H3,(H,19,21)(H,24,25). The van der Waals surface area contributed by atoms with Crippen LogP contribution in [0.15, 0.2) is 36.4 Å². The van der Waals surface area contributed by atoms with Gasteiger partial charge in [0.15, 0.2) is 11.5 Å². The van der Waals surface area contributed by atoms with E-state index in [0.717, 1.165) is 0 Å². The van der Waals surface area contributed by atoms with Crippen molar-refractivity contribution in [2.75, 3.05) is 24.3 Å². The lowest BCUT2D eigenvalue weighted by Gasteiger charge is -2.20. The van der Waals surface area contributed by atoms with Gasteiger partial charge in [-0.15, -0.1) is 0 Å². The summed E-state index contributed by atoms with van der Waals surface area (Å²) in [7, 11) is 3.45. The number of carboxylic acids is 1. The van der Waals surface area contributed by atoms with Crippen molar-refractivity contribution in [3.05, 3.63) is 53.1 Å². The zero-order valence-electron chi connectivity index (χ0n) is 14.0. The van der Waals surface area contributed by atoms with Crippen molar-refractivity contribution >= 4 is 29.0 Å². The summed E-state index contributed by atoms with van der Waals surface area (Å²) in [4.78, 5) is 37.2. The van der Waals surface area contributed by atoms with E-state index in [1.54, 1.807) is 31.1 Å². The van der Waals surface area contributed by atoms with Crippen molar-refractivity contribution in [3.63, 3.8) is 0 Å². The number of carboxylic acid groups (broad SMARTS) is 1. The first-order chi connectivity index (χ1) is 11.7. The average Bonchev–Trinajstić information content (AvgIpc) is 2.55. The normalized spacial score (nSPS) is 10.2. The third-order valence-electron chi connectivity index (χ3n) is 3.59. The molecular formula is C18H18N2O5. The van der Waals surface area contributed by atoms with E-state index in [4.69, 9.17) is 0 Å². The Labute approximate surface area is 144 Å². The Morgan fingerprint density at radius 3 is 2.08 bits per heavy atom. The zero-order chi connectivity index (χ0) is 18.7. The molecule has 130 valence electrons. The molecule has 2 rings (SSSR count). The van der Waals surface area contributed by atoms with E-state index in [2.05, 4.69) is 5.32 Å². The largest absolute Gasteiger partial charge is 0.505 e. The van der Waals surface area contributed by atoms with Crippen molar-refractivity contribution < 1.29 is 24.6 Å². The van der Waals surface area contributed by atoms with Crippen LogP contribution in [0.5, 0.6) is 5.75 Å². The van der Waals surface area contributed by atoms with Gasteiger partial charge < -0.3 is 20.4 Å². The first-order valence-electron chi connectivity index (χ1n) is 7.42. The van der Waals surface area contributed by atoms with Crippen LogP contribution in [0.4, 0.5) is 11.4 Å². The first kappa shape index (κ1) is 18.0. The summed E-state index contributed by atoms with van der Waals surface area (Å²) in [5.41, 5.74) is 0.302. The molecule has 0 bridgehead atoms. The van der Waals surface area contributed by atoms with Crippen LogP contribution in [-0.4, -0.2) is 42.0 Å². The summed E-state index contributed by atoms with van der Waals surface area (Å²) in [6.07, 6.45) is 0. The Morgan fingerprint density at radius 2 is 1.56 bits per heavy atom. The molecule has 0 fully saturated rings. The quantitative estimate of drug-likeness (QED) is 0.569. The van der Waals surface area contributed by atoms with Crippen molar-refractivity contribution in [3.8, 4) is 5.75 Å². The molecule has 0 aliphatic rings. The lowest BCUT2D eigenvalue weighted by atomic mass is 9.96. The topological polar surface area (TPSA) is 107 Å². The smallest absolute Gasteiger partial charge is 0.336 e. The number of anilines is 2. The Balaban J connectivity index is 2.62. The van der Waals surface area contributed by atoms with Gasteiger partial charge >= 0.3 is 5.97 Å². The number of rotatable bonds is 5. The van der Waals surface area contributed by atoms with E-state index in [1.165, 1.54) is 31.2 Å². The van der Waals surface area contributed by atoms with Crippen LogP contribution in [0, 0.1) is 0 Å². The number of carbonyl (C=O) groups excluding carboxylic acids is 2. The van der Waals surface area contributed by atoms with Crippen LogP contribution >= 0.6 is 0 Å². The number of benzene rings is 2. The number of nitrogens with one attached hydrogen (secondary N) is 1. The molecule has 1 amide bonds. The molecular weight excluding hydrogens is 324 g/mol. The predicted molar refractivity (Wildman–Crippen MR) is 93.6 cm³/mol. The van der Waals surface area contributed by atoms with Gasteiger partial charge in [0.2, 0.25) is 5.91 Å². The number of amides is 1. The summed E-state index contributed by atoms with van der Waals surface area (Å²) in [6.45, 7) is 1.28. The number of hydrogen-bond donors (Lipinski definition) is 3. The number of aromatic carboxylic acids is 1. The maximum Gasteiger partial charge on any atom is 0.336 e. The molecule has 0 saturated carbocycles. The number of phenols is 1. The average molecular weight is 342 g/mol. The van der Waals surface area contributed by atoms with Crippen LogP contribution in [-0.2, 0) is 4.79 Å². The molecule has 0 aliphatic carbocycles. The predicted octanol–water partition coefficient (Wildman–Crippen LogP) is 2.35. The van der Waals surface area contributed by atoms with Gasteiger partial charge in [0.05, 0.1) is 16.8 Å². The second-order valence-corrected chi connectivity index (χ2v) is 5.61. The molecule has 0 spiro atoms. The molecule has 3 N–H and O–H groups in total. The number of ketones is 1. The van der Waals surface area contributed by atoms with Gasteiger partial charge in [0.25, 0.3) is 0 Å². The molecule has 0 aliphatic heterocycles. The van der Waals surface area contributed by atoms with Crippen molar-refractivity contribution in [2.45, 2.75) is 6.92 Å². The first-order valence-corrected chi connectivity index (χ1v) is 7.42. The van der Waals surface area contributed by atoms with Crippen LogP contribution in [0.2, 0.25) is 0 Å². The molecule has 25 heavy (non-hydrogen) atoms. The highest BCUT2D eigenvalue weighted by molar-refractivity contribution is 6.17. The second-order valence-electron chi connectivity index (χ2n) is 5.61. The summed E-state index contributed by atoms with van der Waals surface area (Å²) in [5, 5.41) is 22.3. The zero-order valence-corrected chi connectivity index (χ0v) is 14.0. The molecule has 0 unspecified atom stereocenters. The molecule has 7 heteroatoms. The van der Waals surface area contributed by atoms with Crippen LogP contribution in [0.1, 0.15) is 33.2 Å². The third kappa shape index (κ3) is 3.60. The van der Waals surface area contributed by atoms with Gasteiger partial charge in [-0.3, -0.25) is 9.59 Å². The summed E-state index contributed by atoms with van der Waals surface area (Å²) >= 11 is 0. The fourth-order valence-electron chi connectivity index (χ4n) is 2.45. The van der Waals surface area contributed by atoms with Crippen LogP contribution in [0.3, 0.4) is 0 Å². The minimum absolute atomic E-state index is 0.0447. The minimum Gasteiger partial charge on any atom is -0.505 e. The van der Waals surface area contributed by atoms with Crippen LogP contribution < -0.4 is 10.2 Å². The molecule has 2 aromatic rings. The van der Waals surface area contributed by atoms with Gasteiger partial charge in [0.1, 0.15) is 5.69 Å².